The molecular formula is C18H24N2O4S. The number of carboxylic acids is 1. The number of hydrogen-bond donors (Lipinski definition) is 1. The van der Waals surface area contributed by atoms with Crippen LogP contribution in [0, 0.1) is 12.8 Å². The van der Waals surface area contributed by atoms with Crippen LogP contribution in [0.4, 0.5) is 0 Å². The molecule has 1 unspecified atom stereocenters. The molecule has 0 amide bonds. The van der Waals surface area contributed by atoms with Crippen LogP contribution in [-0.2, 0) is 14.6 Å². The maximum atomic E-state index is 12.2. The number of aliphatic carboxylic acids is 1. The van der Waals surface area contributed by atoms with Gasteiger partial charge in [-0.1, -0.05) is 37.3 Å². The summed E-state index contributed by atoms with van der Waals surface area (Å²) in [4.78, 5) is 10.9. The van der Waals surface area contributed by atoms with E-state index in [1.165, 1.54) is 10.9 Å². The van der Waals surface area contributed by atoms with E-state index in [1.54, 1.807) is 13.1 Å². The highest BCUT2D eigenvalue weighted by Gasteiger charge is 2.25. The van der Waals surface area contributed by atoms with E-state index in [9.17, 15) is 13.2 Å². The highest BCUT2D eigenvalue weighted by molar-refractivity contribution is 7.90. The average Bonchev–Trinajstić information content (AvgIpc) is 2.92. The summed E-state index contributed by atoms with van der Waals surface area (Å²) in [7, 11) is -3.37. The molecule has 2 atom stereocenters. The smallest absolute Gasteiger partial charge is 0.306 e. The second kappa shape index (κ2) is 7.82. The maximum Gasteiger partial charge on any atom is 0.306 e. The van der Waals surface area contributed by atoms with Crippen LogP contribution >= 0.6 is 0 Å². The summed E-state index contributed by atoms with van der Waals surface area (Å²) in [5, 5.41) is 12.6. The van der Waals surface area contributed by atoms with Gasteiger partial charge in [0.1, 0.15) is 0 Å². The van der Waals surface area contributed by atoms with Gasteiger partial charge in [-0.3, -0.25) is 9.48 Å². The monoisotopic (exact) mass is 364 g/mol. The van der Waals surface area contributed by atoms with E-state index in [0.29, 0.717) is 19.3 Å². The standard InChI is InChI=1S/C18H24N2O4S/c1-13(18(21)22)8-7-11-17(25(3,23)24)20-12-16(14(2)19-20)15-9-5-4-6-10-15/h4-6,9-10,12-13,17H,7-8,11H2,1-3H3,(H,21,22)/t13-,17?/m1/s1. The van der Waals surface area contributed by atoms with E-state index < -0.39 is 27.1 Å². The summed E-state index contributed by atoms with van der Waals surface area (Å²) < 4.78 is 25.9. The van der Waals surface area contributed by atoms with E-state index in [0.717, 1.165) is 16.8 Å². The van der Waals surface area contributed by atoms with Crippen LogP contribution in [0.5, 0.6) is 0 Å². The summed E-state index contributed by atoms with van der Waals surface area (Å²) in [6.07, 6.45) is 4.23. The Hall–Kier alpha value is -2.15. The fraction of sp³-hybridized carbons (Fsp3) is 0.444. The Labute approximate surface area is 148 Å². The van der Waals surface area contributed by atoms with E-state index in [-0.39, 0.29) is 0 Å². The minimum atomic E-state index is -3.37. The molecule has 2 rings (SSSR count). The Morgan fingerprint density at radius 3 is 2.44 bits per heavy atom. The third-order valence-corrected chi connectivity index (χ3v) is 5.74. The molecule has 2 aromatic rings. The predicted octanol–water partition coefficient (Wildman–Crippen LogP) is 3.29. The van der Waals surface area contributed by atoms with Crippen LogP contribution in [0.15, 0.2) is 36.5 Å². The number of carboxylic acid groups (broad SMARTS) is 1. The van der Waals surface area contributed by atoms with Crippen LogP contribution in [0.25, 0.3) is 11.1 Å². The topological polar surface area (TPSA) is 89.3 Å². The second-order valence-electron chi connectivity index (χ2n) is 6.43. The van der Waals surface area contributed by atoms with E-state index in [4.69, 9.17) is 5.11 Å². The first-order valence-electron chi connectivity index (χ1n) is 8.23. The van der Waals surface area contributed by atoms with E-state index in [2.05, 4.69) is 5.10 Å². The summed E-state index contributed by atoms with van der Waals surface area (Å²) >= 11 is 0. The summed E-state index contributed by atoms with van der Waals surface area (Å²) in [6, 6.07) is 9.68. The lowest BCUT2D eigenvalue weighted by Crippen LogP contribution is -2.20. The Kier molecular flexibility index (Phi) is 6.00. The molecule has 0 aliphatic heterocycles. The molecule has 136 valence electrons. The highest BCUT2D eigenvalue weighted by atomic mass is 32.2. The summed E-state index contributed by atoms with van der Waals surface area (Å²) in [5.41, 5.74) is 2.64. The molecule has 0 radical (unpaired) electrons. The number of carbonyl (C=O) groups is 1. The predicted molar refractivity (Wildman–Crippen MR) is 96.9 cm³/mol. The number of aryl methyl sites for hydroxylation is 1. The molecule has 0 aliphatic carbocycles. The SMILES string of the molecule is Cc1nn(C(CCC[C@@H](C)C(=O)O)S(C)(=O)=O)cc1-c1ccccc1. The largest absolute Gasteiger partial charge is 0.481 e. The van der Waals surface area contributed by atoms with Crippen molar-refractivity contribution < 1.29 is 18.3 Å². The Morgan fingerprint density at radius 2 is 1.88 bits per heavy atom. The van der Waals surface area contributed by atoms with Crippen molar-refractivity contribution in [3.63, 3.8) is 0 Å². The number of hydrogen-bond acceptors (Lipinski definition) is 4. The molecule has 7 heteroatoms. The van der Waals surface area contributed by atoms with E-state index in [1.807, 2.05) is 37.3 Å². The van der Waals surface area contributed by atoms with Gasteiger partial charge in [0.15, 0.2) is 15.2 Å². The van der Waals surface area contributed by atoms with Gasteiger partial charge in [-0.15, -0.1) is 0 Å². The molecule has 0 aliphatic rings. The van der Waals surface area contributed by atoms with E-state index >= 15 is 0 Å². The number of benzene rings is 1. The molecule has 0 bridgehead atoms. The fourth-order valence-electron chi connectivity index (χ4n) is 2.79. The minimum absolute atomic E-state index is 0.339. The maximum absolute atomic E-state index is 12.2. The van der Waals surface area contributed by atoms with Crippen molar-refractivity contribution in [1.29, 1.82) is 0 Å². The zero-order valence-electron chi connectivity index (χ0n) is 14.7. The highest BCUT2D eigenvalue weighted by Crippen LogP contribution is 2.28. The zero-order valence-corrected chi connectivity index (χ0v) is 15.5. The van der Waals surface area contributed by atoms with Gasteiger partial charge in [0.2, 0.25) is 0 Å². The van der Waals surface area contributed by atoms with Crippen molar-refractivity contribution in [2.45, 2.75) is 38.5 Å². The van der Waals surface area contributed by atoms with Crippen LogP contribution in [-0.4, -0.2) is 35.5 Å². The van der Waals surface area contributed by atoms with Crippen LogP contribution in [0.2, 0.25) is 0 Å². The molecular weight excluding hydrogens is 340 g/mol. The Balaban J connectivity index is 2.23. The molecule has 6 nitrogen and oxygen atoms in total. The molecule has 0 saturated carbocycles. The normalized spacial score (nSPS) is 14.2. The molecule has 0 spiro atoms. The van der Waals surface area contributed by atoms with Gasteiger partial charge in [-0.2, -0.15) is 5.10 Å². The first-order valence-corrected chi connectivity index (χ1v) is 10.2. The van der Waals surface area contributed by atoms with Gasteiger partial charge in [0, 0.05) is 18.0 Å². The molecule has 0 fully saturated rings. The van der Waals surface area contributed by atoms with Crippen LogP contribution in [0.3, 0.4) is 0 Å². The van der Waals surface area contributed by atoms with Gasteiger partial charge in [-0.25, -0.2) is 8.42 Å². The Bertz CT molecular complexity index is 828. The van der Waals surface area contributed by atoms with Gasteiger partial charge < -0.3 is 5.11 Å². The Morgan fingerprint density at radius 1 is 1.24 bits per heavy atom. The second-order valence-corrected chi connectivity index (χ2v) is 8.63. The number of sulfone groups is 1. The van der Waals surface area contributed by atoms with Gasteiger partial charge in [0.25, 0.3) is 0 Å². The average molecular weight is 364 g/mol. The number of aromatic nitrogens is 2. The molecule has 1 aromatic heterocycles. The third kappa shape index (κ3) is 4.92. The van der Waals surface area contributed by atoms with Crippen molar-refractivity contribution in [1.82, 2.24) is 9.78 Å². The quantitative estimate of drug-likeness (QED) is 0.776. The zero-order chi connectivity index (χ0) is 18.6. The number of nitrogens with zero attached hydrogens (tertiary/aromatic N) is 2. The lowest BCUT2D eigenvalue weighted by atomic mass is 10.0. The lowest BCUT2D eigenvalue weighted by molar-refractivity contribution is -0.141. The molecule has 25 heavy (non-hydrogen) atoms. The first-order chi connectivity index (χ1) is 11.7. The van der Waals surface area contributed by atoms with Gasteiger partial charge in [0.05, 0.1) is 11.6 Å². The van der Waals surface area contributed by atoms with Crippen molar-refractivity contribution in [3.8, 4) is 11.1 Å². The molecule has 1 aromatic carbocycles. The van der Waals surface area contributed by atoms with Crippen LogP contribution in [0.1, 0.15) is 37.3 Å². The first kappa shape index (κ1) is 19.2. The fourth-order valence-corrected chi connectivity index (χ4v) is 3.89. The van der Waals surface area contributed by atoms with Crippen LogP contribution < -0.4 is 0 Å². The van der Waals surface area contributed by atoms with Crippen molar-refractivity contribution in [2.75, 3.05) is 6.26 Å². The van der Waals surface area contributed by atoms with Crippen molar-refractivity contribution in [3.05, 3.63) is 42.2 Å². The molecule has 1 N–H and O–H groups in total. The summed E-state index contributed by atoms with van der Waals surface area (Å²) in [6.45, 7) is 3.48. The summed E-state index contributed by atoms with van der Waals surface area (Å²) in [5.74, 6) is -1.35. The van der Waals surface area contributed by atoms with Crippen molar-refractivity contribution >= 4 is 15.8 Å². The van der Waals surface area contributed by atoms with Gasteiger partial charge >= 0.3 is 5.97 Å². The van der Waals surface area contributed by atoms with Gasteiger partial charge in [-0.05, 0) is 31.7 Å². The number of rotatable bonds is 8. The molecule has 1 heterocycles. The third-order valence-electron chi connectivity index (χ3n) is 4.30. The lowest BCUT2D eigenvalue weighted by Gasteiger charge is -2.16. The van der Waals surface area contributed by atoms with Crippen molar-refractivity contribution in [2.24, 2.45) is 5.92 Å². The minimum Gasteiger partial charge on any atom is -0.481 e. The molecule has 0 saturated heterocycles.